The molecule has 0 aliphatic carbocycles. The lowest BCUT2D eigenvalue weighted by atomic mass is 10.1. The number of aromatic nitrogens is 3. The third-order valence-electron chi connectivity index (χ3n) is 4.09. The Balaban J connectivity index is 1.78. The number of esters is 1. The molecule has 23 heavy (non-hydrogen) atoms. The SMILES string of the molecule is CCOC(=O)c1csc([C@@H]2CCCN2[C@@H](C)c2cnccn2)n1. The van der Waals surface area contributed by atoms with Gasteiger partial charge in [-0.15, -0.1) is 11.3 Å². The number of likely N-dealkylation sites (tertiary alicyclic amines) is 1. The second kappa shape index (κ2) is 7.14. The molecule has 2 aromatic heterocycles. The number of thiazole rings is 1. The fourth-order valence-corrected chi connectivity index (χ4v) is 3.90. The Morgan fingerprint density at radius 3 is 3.13 bits per heavy atom. The number of rotatable bonds is 5. The van der Waals surface area contributed by atoms with E-state index in [1.54, 1.807) is 24.7 Å². The van der Waals surface area contributed by atoms with Crippen molar-refractivity contribution < 1.29 is 9.53 Å². The Labute approximate surface area is 139 Å². The molecule has 1 aliphatic heterocycles. The Morgan fingerprint density at radius 2 is 2.39 bits per heavy atom. The molecular formula is C16H20N4O2S. The maximum Gasteiger partial charge on any atom is 0.357 e. The van der Waals surface area contributed by atoms with Crippen molar-refractivity contribution in [3.63, 3.8) is 0 Å². The summed E-state index contributed by atoms with van der Waals surface area (Å²) in [7, 11) is 0. The number of carbonyl (C=O) groups is 1. The van der Waals surface area contributed by atoms with Crippen molar-refractivity contribution in [2.45, 2.75) is 38.8 Å². The van der Waals surface area contributed by atoms with Crippen LogP contribution in [-0.4, -0.2) is 39.0 Å². The van der Waals surface area contributed by atoms with E-state index in [-0.39, 0.29) is 18.1 Å². The maximum absolute atomic E-state index is 11.8. The summed E-state index contributed by atoms with van der Waals surface area (Å²) in [6, 6.07) is 0.395. The van der Waals surface area contributed by atoms with Crippen molar-refractivity contribution in [2.24, 2.45) is 0 Å². The molecule has 7 heteroatoms. The van der Waals surface area contributed by atoms with Gasteiger partial charge in [-0.25, -0.2) is 9.78 Å². The van der Waals surface area contributed by atoms with E-state index in [0.717, 1.165) is 30.1 Å². The van der Waals surface area contributed by atoms with Gasteiger partial charge in [0.1, 0.15) is 5.01 Å². The number of hydrogen-bond acceptors (Lipinski definition) is 7. The molecule has 2 aromatic rings. The predicted octanol–water partition coefficient (Wildman–Crippen LogP) is 3.01. The summed E-state index contributed by atoms with van der Waals surface area (Å²) in [4.78, 5) is 27.3. The van der Waals surface area contributed by atoms with Gasteiger partial charge in [0, 0.05) is 24.0 Å². The molecule has 3 rings (SSSR count). The van der Waals surface area contributed by atoms with Gasteiger partial charge >= 0.3 is 5.97 Å². The molecule has 0 unspecified atom stereocenters. The predicted molar refractivity (Wildman–Crippen MR) is 87.2 cm³/mol. The number of ether oxygens (including phenoxy) is 1. The zero-order chi connectivity index (χ0) is 16.2. The monoisotopic (exact) mass is 332 g/mol. The summed E-state index contributed by atoms with van der Waals surface area (Å²) in [5, 5.41) is 2.76. The van der Waals surface area contributed by atoms with Gasteiger partial charge in [0.05, 0.1) is 24.4 Å². The van der Waals surface area contributed by atoms with E-state index in [1.807, 2.05) is 6.20 Å². The lowest BCUT2D eigenvalue weighted by molar-refractivity contribution is 0.0520. The fourth-order valence-electron chi connectivity index (χ4n) is 2.95. The molecule has 0 radical (unpaired) electrons. The molecule has 1 saturated heterocycles. The summed E-state index contributed by atoms with van der Waals surface area (Å²) < 4.78 is 5.02. The minimum absolute atomic E-state index is 0.172. The Morgan fingerprint density at radius 1 is 1.52 bits per heavy atom. The van der Waals surface area contributed by atoms with Gasteiger partial charge in [-0.1, -0.05) is 0 Å². The molecule has 1 fully saturated rings. The van der Waals surface area contributed by atoms with Gasteiger partial charge in [-0.3, -0.25) is 14.9 Å². The van der Waals surface area contributed by atoms with E-state index >= 15 is 0 Å². The van der Waals surface area contributed by atoms with Crippen LogP contribution in [-0.2, 0) is 4.74 Å². The van der Waals surface area contributed by atoms with Crippen LogP contribution < -0.4 is 0 Å². The molecule has 122 valence electrons. The standard InChI is InChI=1S/C16H20N4O2S/c1-3-22-16(21)13-10-23-15(19-13)14-5-4-8-20(14)11(2)12-9-17-6-7-18-12/h6-7,9-11,14H,3-5,8H2,1-2H3/t11-,14-/m0/s1. The average Bonchev–Trinajstić information content (AvgIpc) is 3.24. The highest BCUT2D eigenvalue weighted by Crippen LogP contribution is 2.39. The molecule has 0 N–H and O–H groups in total. The van der Waals surface area contributed by atoms with Crippen LogP contribution in [0.25, 0.3) is 0 Å². The van der Waals surface area contributed by atoms with Crippen molar-refractivity contribution in [2.75, 3.05) is 13.2 Å². The van der Waals surface area contributed by atoms with Crippen LogP contribution in [0, 0.1) is 0 Å². The number of hydrogen-bond donors (Lipinski definition) is 0. The van der Waals surface area contributed by atoms with Crippen molar-refractivity contribution in [3.05, 3.63) is 40.4 Å². The van der Waals surface area contributed by atoms with E-state index in [0.29, 0.717) is 12.3 Å². The van der Waals surface area contributed by atoms with Crippen LogP contribution in [0.3, 0.4) is 0 Å². The first-order chi connectivity index (χ1) is 11.2. The van der Waals surface area contributed by atoms with Crippen LogP contribution in [0.1, 0.15) is 60.0 Å². The molecule has 0 saturated carbocycles. The van der Waals surface area contributed by atoms with E-state index in [4.69, 9.17) is 4.74 Å². The minimum Gasteiger partial charge on any atom is -0.461 e. The van der Waals surface area contributed by atoms with Crippen LogP contribution in [0.15, 0.2) is 24.0 Å². The third kappa shape index (κ3) is 3.40. The third-order valence-corrected chi connectivity index (χ3v) is 5.04. The summed E-state index contributed by atoms with van der Waals surface area (Å²) in [5.74, 6) is -0.346. The Bertz CT molecular complexity index is 661. The molecule has 0 spiro atoms. The maximum atomic E-state index is 11.8. The highest BCUT2D eigenvalue weighted by atomic mass is 32.1. The molecule has 0 amide bonds. The van der Waals surface area contributed by atoms with Gasteiger partial charge < -0.3 is 4.74 Å². The Hall–Kier alpha value is -1.86. The molecular weight excluding hydrogens is 312 g/mol. The fraction of sp³-hybridized carbons (Fsp3) is 0.500. The van der Waals surface area contributed by atoms with Crippen LogP contribution >= 0.6 is 11.3 Å². The molecule has 0 aromatic carbocycles. The largest absolute Gasteiger partial charge is 0.461 e. The normalized spacial score (nSPS) is 19.7. The first-order valence-corrected chi connectivity index (χ1v) is 8.73. The number of carbonyl (C=O) groups excluding carboxylic acids is 1. The van der Waals surface area contributed by atoms with E-state index in [9.17, 15) is 4.79 Å². The van der Waals surface area contributed by atoms with Crippen LogP contribution in [0.5, 0.6) is 0 Å². The van der Waals surface area contributed by atoms with E-state index in [2.05, 4.69) is 26.8 Å². The summed E-state index contributed by atoms with van der Waals surface area (Å²) in [5.41, 5.74) is 1.37. The first-order valence-electron chi connectivity index (χ1n) is 7.85. The molecule has 2 atom stereocenters. The second-order valence-corrected chi connectivity index (χ2v) is 6.38. The smallest absolute Gasteiger partial charge is 0.357 e. The van der Waals surface area contributed by atoms with Crippen LogP contribution in [0.2, 0.25) is 0 Å². The lowest BCUT2D eigenvalue weighted by Gasteiger charge is -2.28. The quantitative estimate of drug-likeness (QED) is 0.784. The summed E-state index contributed by atoms with van der Waals surface area (Å²) in [6.45, 7) is 5.30. The number of nitrogens with zero attached hydrogens (tertiary/aromatic N) is 4. The first kappa shape index (κ1) is 16.0. The van der Waals surface area contributed by atoms with Crippen molar-refractivity contribution in [1.82, 2.24) is 19.9 Å². The highest BCUT2D eigenvalue weighted by molar-refractivity contribution is 7.09. The highest BCUT2D eigenvalue weighted by Gasteiger charge is 2.33. The topological polar surface area (TPSA) is 68.2 Å². The zero-order valence-electron chi connectivity index (χ0n) is 13.3. The zero-order valence-corrected chi connectivity index (χ0v) is 14.1. The van der Waals surface area contributed by atoms with E-state index < -0.39 is 0 Å². The molecule has 3 heterocycles. The van der Waals surface area contributed by atoms with Gasteiger partial charge in [0.15, 0.2) is 5.69 Å². The average molecular weight is 332 g/mol. The van der Waals surface area contributed by atoms with Gasteiger partial charge in [-0.2, -0.15) is 0 Å². The van der Waals surface area contributed by atoms with E-state index in [1.165, 1.54) is 11.3 Å². The lowest BCUT2D eigenvalue weighted by Crippen LogP contribution is -2.27. The molecule has 1 aliphatic rings. The molecule has 6 nitrogen and oxygen atoms in total. The van der Waals surface area contributed by atoms with Crippen molar-refractivity contribution >= 4 is 17.3 Å². The van der Waals surface area contributed by atoms with Gasteiger partial charge in [0.25, 0.3) is 0 Å². The van der Waals surface area contributed by atoms with Crippen LogP contribution in [0.4, 0.5) is 0 Å². The Kier molecular flexibility index (Phi) is 4.97. The summed E-state index contributed by atoms with van der Waals surface area (Å²) in [6.07, 6.45) is 7.37. The van der Waals surface area contributed by atoms with Gasteiger partial charge in [0.2, 0.25) is 0 Å². The minimum atomic E-state index is -0.346. The van der Waals surface area contributed by atoms with Crippen molar-refractivity contribution in [1.29, 1.82) is 0 Å². The second-order valence-electron chi connectivity index (χ2n) is 5.49. The molecule has 0 bridgehead atoms. The van der Waals surface area contributed by atoms with Crippen molar-refractivity contribution in [3.8, 4) is 0 Å². The van der Waals surface area contributed by atoms with Gasteiger partial charge in [-0.05, 0) is 33.2 Å². The summed E-state index contributed by atoms with van der Waals surface area (Å²) >= 11 is 1.53.